The fraction of sp³-hybridized carbons (Fsp3) is 0.267. The maximum atomic E-state index is 12.8. The fourth-order valence-corrected chi connectivity index (χ4v) is 2.72. The lowest BCUT2D eigenvalue weighted by atomic mass is 10.2. The van der Waals surface area contributed by atoms with E-state index < -0.39 is 6.03 Å². The van der Waals surface area contributed by atoms with Gasteiger partial charge < -0.3 is 10.1 Å². The molecule has 0 unspecified atom stereocenters. The van der Waals surface area contributed by atoms with Crippen LogP contribution in [-0.2, 0) is 22.5 Å². The fourth-order valence-electron chi connectivity index (χ4n) is 1.77. The Hall–Kier alpha value is -2.48. The van der Waals surface area contributed by atoms with Crippen LogP contribution in [0, 0.1) is 12.7 Å². The van der Waals surface area contributed by atoms with Gasteiger partial charge in [0.15, 0.2) is 5.13 Å². The zero-order chi connectivity index (χ0) is 16.8. The van der Waals surface area contributed by atoms with Gasteiger partial charge >= 0.3 is 12.0 Å². The Balaban J connectivity index is 1.88. The van der Waals surface area contributed by atoms with Crippen molar-refractivity contribution >= 4 is 28.5 Å². The molecular formula is C15H16FN3O3S. The van der Waals surface area contributed by atoms with Crippen molar-refractivity contribution in [3.05, 3.63) is 46.2 Å². The highest BCUT2D eigenvalue weighted by molar-refractivity contribution is 7.16. The number of urea groups is 1. The van der Waals surface area contributed by atoms with Gasteiger partial charge in [-0.25, -0.2) is 14.2 Å². The number of rotatable bonds is 5. The van der Waals surface area contributed by atoms with E-state index in [2.05, 4.69) is 20.4 Å². The Labute approximate surface area is 136 Å². The van der Waals surface area contributed by atoms with E-state index in [0.717, 1.165) is 10.4 Å². The van der Waals surface area contributed by atoms with Crippen LogP contribution >= 0.6 is 11.3 Å². The molecule has 0 aliphatic carbocycles. The molecule has 0 saturated carbocycles. The summed E-state index contributed by atoms with van der Waals surface area (Å²) < 4.78 is 17.4. The van der Waals surface area contributed by atoms with Crippen molar-refractivity contribution in [2.45, 2.75) is 19.9 Å². The Morgan fingerprint density at radius 2 is 2.00 bits per heavy atom. The van der Waals surface area contributed by atoms with E-state index in [0.29, 0.717) is 10.8 Å². The van der Waals surface area contributed by atoms with Gasteiger partial charge in [0.05, 0.1) is 19.2 Å². The molecule has 0 atom stereocenters. The number of nitrogens with zero attached hydrogens (tertiary/aromatic N) is 1. The number of aryl methyl sites for hydroxylation is 1. The van der Waals surface area contributed by atoms with Crippen molar-refractivity contribution in [3.63, 3.8) is 0 Å². The van der Waals surface area contributed by atoms with Gasteiger partial charge in [0.2, 0.25) is 0 Å². The van der Waals surface area contributed by atoms with Gasteiger partial charge in [-0.1, -0.05) is 12.1 Å². The summed E-state index contributed by atoms with van der Waals surface area (Å²) in [6.07, 6.45) is 0.124. The maximum Gasteiger partial charge on any atom is 0.321 e. The highest BCUT2D eigenvalue weighted by Gasteiger charge is 2.13. The molecule has 23 heavy (non-hydrogen) atoms. The average molecular weight is 337 g/mol. The van der Waals surface area contributed by atoms with E-state index >= 15 is 0 Å². The van der Waals surface area contributed by atoms with Crippen molar-refractivity contribution in [2.75, 3.05) is 12.4 Å². The summed E-state index contributed by atoms with van der Waals surface area (Å²) in [6, 6.07) is 5.43. The number of hydrogen-bond acceptors (Lipinski definition) is 5. The molecular weight excluding hydrogens is 321 g/mol. The van der Waals surface area contributed by atoms with E-state index in [1.54, 1.807) is 19.1 Å². The first-order valence-electron chi connectivity index (χ1n) is 6.80. The predicted octanol–water partition coefficient (Wildman–Crippen LogP) is 2.63. The highest BCUT2D eigenvalue weighted by atomic mass is 32.1. The Bertz CT molecular complexity index is 700. The quantitative estimate of drug-likeness (QED) is 0.822. The third-order valence-corrected chi connectivity index (χ3v) is 4.08. The molecule has 0 saturated heterocycles. The minimum absolute atomic E-state index is 0.124. The second-order valence-electron chi connectivity index (χ2n) is 4.71. The minimum Gasteiger partial charge on any atom is -0.469 e. The third kappa shape index (κ3) is 5.03. The molecule has 0 radical (unpaired) electrons. The number of nitrogens with one attached hydrogen (secondary N) is 2. The normalized spacial score (nSPS) is 10.2. The first kappa shape index (κ1) is 16.9. The van der Waals surface area contributed by atoms with E-state index in [9.17, 15) is 14.0 Å². The van der Waals surface area contributed by atoms with Gasteiger partial charge in [-0.05, 0) is 24.6 Å². The van der Waals surface area contributed by atoms with Crippen LogP contribution in [0.5, 0.6) is 0 Å². The molecule has 122 valence electrons. The first-order valence-corrected chi connectivity index (χ1v) is 7.62. The molecule has 0 aliphatic heterocycles. The number of benzene rings is 1. The number of carbonyl (C=O) groups excluding carboxylic acids is 2. The minimum atomic E-state index is -0.423. The van der Waals surface area contributed by atoms with Crippen LogP contribution in [-0.4, -0.2) is 24.1 Å². The van der Waals surface area contributed by atoms with Crippen LogP contribution < -0.4 is 10.6 Å². The Morgan fingerprint density at radius 1 is 1.30 bits per heavy atom. The Kier molecular flexibility index (Phi) is 5.64. The number of carbonyl (C=O) groups is 2. The van der Waals surface area contributed by atoms with Crippen molar-refractivity contribution in [3.8, 4) is 0 Å². The number of methoxy groups -OCH3 is 1. The molecule has 2 amide bonds. The lowest BCUT2D eigenvalue weighted by Crippen LogP contribution is -2.28. The van der Waals surface area contributed by atoms with Gasteiger partial charge in [-0.2, -0.15) is 0 Å². The molecule has 0 spiro atoms. The zero-order valence-electron chi connectivity index (χ0n) is 12.7. The van der Waals surface area contributed by atoms with Crippen molar-refractivity contribution in [1.82, 2.24) is 10.3 Å². The largest absolute Gasteiger partial charge is 0.469 e. The predicted molar refractivity (Wildman–Crippen MR) is 84.8 cm³/mol. The van der Waals surface area contributed by atoms with E-state index in [1.165, 1.54) is 30.6 Å². The van der Waals surface area contributed by atoms with Crippen LogP contribution in [0.15, 0.2) is 24.3 Å². The molecule has 2 N–H and O–H groups in total. The smallest absolute Gasteiger partial charge is 0.321 e. The SMILES string of the molecule is COC(=O)Cc1sc(NC(=O)NCc2ccc(F)cc2)nc1C. The van der Waals surface area contributed by atoms with Crippen molar-refractivity contribution < 1.29 is 18.7 Å². The molecule has 1 heterocycles. The third-order valence-electron chi connectivity index (χ3n) is 3.01. The van der Waals surface area contributed by atoms with E-state index in [4.69, 9.17) is 0 Å². The number of anilines is 1. The van der Waals surface area contributed by atoms with E-state index in [-0.39, 0.29) is 24.8 Å². The summed E-state index contributed by atoms with van der Waals surface area (Å²) in [5.74, 6) is -0.682. The summed E-state index contributed by atoms with van der Waals surface area (Å²) in [5.41, 5.74) is 1.46. The second kappa shape index (κ2) is 7.68. The Morgan fingerprint density at radius 3 is 2.65 bits per heavy atom. The van der Waals surface area contributed by atoms with Gasteiger partial charge in [-0.3, -0.25) is 10.1 Å². The van der Waals surface area contributed by atoms with E-state index in [1.807, 2.05) is 0 Å². The summed E-state index contributed by atoms with van der Waals surface area (Å²) in [4.78, 5) is 28.0. The molecule has 2 aromatic rings. The number of amides is 2. The van der Waals surface area contributed by atoms with Crippen LogP contribution in [0.1, 0.15) is 16.1 Å². The molecule has 1 aromatic carbocycles. The number of esters is 1. The summed E-state index contributed by atoms with van der Waals surface area (Å²) in [6.45, 7) is 2.03. The molecule has 6 nitrogen and oxygen atoms in total. The lowest BCUT2D eigenvalue weighted by Gasteiger charge is -2.05. The van der Waals surface area contributed by atoms with Gasteiger partial charge in [0.1, 0.15) is 5.82 Å². The molecule has 0 aliphatic rings. The van der Waals surface area contributed by atoms with Crippen molar-refractivity contribution in [2.24, 2.45) is 0 Å². The van der Waals surface area contributed by atoms with Crippen LogP contribution in [0.2, 0.25) is 0 Å². The molecule has 0 bridgehead atoms. The number of hydrogen-bond donors (Lipinski definition) is 2. The van der Waals surface area contributed by atoms with Gasteiger partial charge in [-0.15, -0.1) is 11.3 Å². The average Bonchev–Trinajstić information content (AvgIpc) is 2.86. The topological polar surface area (TPSA) is 80.3 Å². The number of thiazole rings is 1. The second-order valence-corrected chi connectivity index (χ2v) is 5.80. The van der Waals surface area contributed by atoms with Gasteiger partial charge in [0, 0.05) is 11.4 Å². The summed E-state index contributed by atoms with van der Waals surface area (Å²) in [7, 11) is 1.32. The zero-order valence-corrected chi connectivity index (χ0v) is 13.5. The highest BCUT2D eigenvalue weighted by Crippen LogP contribution is 2.23. The summed E-state index contributed by atoms with van der Waals surface area (Å²) >= 11 is 1.22. The van der Waals surface area contributed by atoms with Crippen LogP contribution in [0.25, 0.3) is 0 Å². The monoisotopic (exact) mass is 337 g/mol. The van der Waals surface area contributed by atoms with Crippen LogP contribution in [0.4, 0.5) is 14.3 Å². The lowest BCUT2D eigenvalue weighted by molar-refractivity contribution is -0.139. The van der Waals surface area contributed by atoms with Crippen LogP contribution in [0.3, 0.4) is 0 Å². The first-order chi connectivity index (χ1) is 11.0. The molecule has 2 rings (SSSR count). The molecule has 1 aromatic heterocycles. The van der Waals surface area contributed by atoms with Gasteiger partial charge in [0.25, 0.3) is 0 Å². The standard InChI is InChI=1S/C15H16FN3O3S/c1-9-12(7-13(20)22-2)23-15(18-9)19-14(21)17-8-10-3-5-11(16)6-4-10/h3-6H,7-8H2,1-2H3,(H2,17,18,19,21). The summed E-state index contributed by atoms with van der Waals surface area (Å²) in [5, 5.41) is 5.66. The maximum absolute atomic E-state index is 12.8. The number of ether oxygens (including phenoxy) is 1. The number of aromatic nitrogens is 1. The number of halogens is 1. The van der Waals surface area contributed by atoms with Crippen molar-refractivity contribution in [1.29, 1.82) is 0 Å². The molecule has 0 fully saturated rings. The molecule has 8 heteroatoms.